The highest BCUT2D eigenvalue weighted by atomic mass is 32.1. The van der Waals surface area contributed by atoms with Crippen LogP contribution >= 0.6 is 22.7 Å². The molecule has 2 aromatic heterocycles. The smallest absolute Gasteiger partial charge is 0.264 e. The van der Waals surface area contributed by atoms with Crippen molar-refractivity contribution in [1.82, 2.24) is 4.90 Å². The second-order valence-corrected chi connectivity index (χ2v) is 9.37. The molecule has 3 heterocycles. The predicted molar refractivity (Wildman–Crippen MR) is 104 cm³/mol. The van der Waals surface area contributed by atoms with Crippen LogP contribution in [-0.4, -0.2) is 23.3 Å². The lowest BCUT2D eigenvalue weighted by molar-refractivity contribution is -0.123. The first-order chi connectivity index (χ1) is 11.8. The van der Waals surface area contributed by atoms with Gasteiger partial charge in [0.05, 0.1) is 15.9 Å². The number of hydrogen-bond donors (Lipinski definition) is 1. The Balaban J connectivity index is 1.80. The number of thiophene rings is 2. The minimum absolute atomic E-state index is 0.0370. The second-order valence-electron chi connectivity index (χ2n) is 7.54. The number of nitrogens with one attached hydrogen (secondary N) is 1. The molecular formula is C19H24N2O2S2. The minimum Gasteiger partial charge on any atom is -0.331 e. The summed E-state index contributed by atoms with van der Waals surface area (Å²) in [5.41, 5.74) is 1.70. The zero-order valence-electron chi connectivity index (χ0n) is 15.1. The molecule has 1 aliphatic heterocycles. The van der Waals surface area contributed by atoms with E-state index >= 15 is 0 Å². The fourth-order valence-electron chi connectivity index (χ4n) is 3.01. The highest BCUT2D eigenvalue weighted by molar-refractivity contribution is 7.18. The summed E-state index contributed by atoms with van der Waals surface area (Å²) in [6, 6.07) is 4.18. The first kappa shape index (κ1) is 18.1. The van der Waals surface area contributed by atoms with Crippen molar-refractivity contribution >= 4 is 39.5 Å². The van der Waals surface area contributed by atoms with Gasteiger partial charge >= 0.3 is 0 Å². The van der Waals surface area contributed by atoms with Gasteiger partial charge in [0.25, 0.3) is 5.91 Å². The third-order valence-corrected chi connectivity index (χ3v) is 6.31. The highest BCUT2D eigenvalue weighted by Gasteiger charge is 2.32. The van der Waals surface area contributed by atoms with Crippen LogP contribution in [0.15, 0.2) is 22.9 Å². The summed E-state index contributed by atoms with van der Waals surface area (Å²) >= 11 is 3.05. The predicted octanol–water partition coefficient (Wildman–Crippen LogP) is 5.08. The van der Waals surface area contributed by atoms with E-state index in [1.54, 1.807) is 11.3 Å². The van der Waals surface area contributed by atoms with Crippen LogP contribution in [0, 0.1) is 12.3 Å². The van der Waals surface area contributed by atoms with Crippen LogP contribution < -0.4 is 5.32 Å². The zero-order chi connectivity index (χ0) is 18.2. The Hall–Kier alpha value is -1.66. The van der Waals surface area contributed by atoms with Gasteiger partial charge in [0, 0.05) is 12.0 Å². The number of hydrogen-bond acceptors (Lipinski definition) is 4. The van der Waals surface area contributed by atoms with E-state index in [4.69, 9.17) is 0 Å². The van der Waals surface area contributed by atoms with E-state index in [-0.39, 0.29) is 17.9 Å². The summed E-state index contributed by atoms with van der Waals surface area (Å²) < 4.78 is 0. The third kappa shape index (κ3) is 3.80. The highest BCUT2D eigenvalue weighted by Crippen LogP contribution is 2.37. The number of carbonyl (C=O) groups excluding carboxylic acids is 2. The van der Waals surface area contributed by atoms with Crippen molar-refractivity contribution in [3.8, 4) is 0 Å². The summed E-state index contributed by atoms with van der Waals surface area (Å²) in [6.07, 6.45) is 2.05. The van der Waals surface area contributed by atoms with Gasteiger partial charge < -0.3 is 10.2 Å². The summed E-state index contributed by atoms with van der Waals surface area (Å²) in [6.45, 7) is 8.37. The van der Waals surface area contributed by atoms with E-state index in [1.165, 1.54) is 16.9 Å². The molecule has 1 saturated heterocycles. The number of amides is 2. The molecule has 0 aliphatic carbocycles. The van der Waals surface area contributed by atoms with Gasteiger partial charge in [0.1, 0.15) is 0 Å². The average Bonchev–Trinajstić information content (AvgIpc) is 3.25. The number of likely N-dealkylation sites (tertiary alicyclic amines) is 1. The monoisotopic (exact) mass is 376 g/mol. The first-order valence-electron chi connectivity index (χ1n) is 8.52. The van der Waals surface area contributed by atoms with E-state index in [0.29, 0.717) is 0 Å². The maximum absolute atomic E-state index is 13.1. The molecule has 134 valence electrons. The Morgan fingerprint density at radius 3 is 2.72 bits per heavy atom. The maximum atomic E-state index is 13.1. The zero-order valence-corrected chi connectivity index (χ0v) is 16.7. The van der Waals surface area contributed by atoms with Gasteiger partial charge in [-0.05, 0) is 53.8 Å². The molecule has 1 N–H and O–H groups in total. The van der Waals surface area contributed by atoms with E-state index in [2.05, 4.69) is 22.1 Å². The molecule has 0 aromatic carbocycles. The minimum atomic E-state index is -0.457. The molecule has 6 heteroatoms. The third-order valence-electron chi connectivity index (χ3n) is 4.47. The molecular weight excluding hydrogens is 352 g/mol. The van der Waals surface area contributed by atoms with E-state index < -0.39 is 5.41 Å². The fourth-order valence-corrected chi connectivity index (χ4v) is 4.74. The normalized spacial score (nSPS) is 17.8. The largest absolute Gasteiger partial charge is 0.331 e. The summed E-state index contributed by atoms with van der Waals surface area (Å²) in [7, 11) is 0. The van der Waals surface area contributed by atoms with Crippen molar-refractivity contribution in [2.45, 2.75) is 46.6 Å². The van der Waals surface area contributed by atoms with Gasteiger partial charge in [-0.2, -0.15) is 11.3 Å². The quantitative estimate of drug-likeness (QED) is 0.812. The number of rotatable bonds is 3. The molecule has 0 saturated carbocycles. The summed E-state index contributed by atoms with van der Waals surface area (Å²) in [5.74, 6) is 0.0394. The van der Waals surface area contributed by atoms with Crippen molar-refractivity contribution in [2.75, 3.05) is 11.9 Å². The lowest BCUT2D eigenvalue weighted by atomic mass is 9.96. The van der Waals surface area contributed by atoms with Crippen molar-refractivity contribution in [3.63, 3.8) is 0 Å². The lowest BCUT2D eigenvalue weighted by Gasteiger charge is -2.24. The lowest BCUT2D eigenvalue weighted by Crippen LogP contribution is -2.30. The molecule has 0 radical (unpaired) electrons. The second kappa shape index (κ2) is 6.92. The van der Waals surface area contributed by atoms with Crippen molar-refractivity contribution in [2.24, 2.45) is 5.41 Å². The first-order valence-corrected chi connectivity index (χ1v) is 10.3. The summed E-state index contributed by atoms with van der Waals surface area (Å²) in [5, 5.41) is 7.87. The number of carbonyl (C=O) groups is 2. The molecule has 1 atom stereocenters. The maximum Gasteiger partial charge on any atom is 0.264 e. The van der Waals surface area contributed by atoms with Crippen LogP contribution in [0.5, 0.6) is 0 Å². The van der Waals surface area contributed by atoms with Crippen LogP contribution in [-0.2, 0) is 4.79 Å². The molecule has 25 heavy (non-hydrogen) atoms. The Morgan fingerprint density at radius 1 is 1.32 bits per heavy atom. The molecule has 0 unspecified atom stereocenters. The van der Waals surface area contributed by atoms with Crippen LogP contribution in [0.4, 0.5) is 5.00 Å². The SMILES string of the molecule is Cc1cc(NC(=O)C(C)(C)C)sc1C(=O)N1CCC[C@@H]1c1ccsc1. The molecule has 1 fully saturated rings. The number of aryl methyl sites for hydroxylation is 1. The molecule has 3 rings (SSSR count). The Morgan fingerprint density at radius 2 is 2.08 bits per heavy atom. The van der Waals surface area contributed by atoms with Crippen LogP contribution in [0.25, 0.3) is 0 Å². The molecule has 1 aliphatic rings. The number of nitrogens with zero attached hydrogens (tertiary/aromatic N) is 1. The van der Waals surface area contributed by atoms with Crippen LogP contribution in [0.2, 0.25) is 0 Å². The molecule has 4 nitrogen and oxygen atoms in total. The van der Waals surface area contributed by atoms with Gasteiger partial charge in [-0.15, -0.1) is 11.3 Å². The van der Waals surface area contributed by atoms with Crippen LogP contribution in [0.1, 0.15) is 60.5 Å². The van der Waals surface area contributed by atoms with E-state index in [0.717, 1.165) is 34.8 Å². The fraction of sp³-hybridized carbons (Fsp3) is 0.474. The molecule has 2 amide bonds. The topological polar surface area (TPSA) is 49.4 Å². The number of anilines is 1. The Kier molecular flexibility index (Phi) is 5.02. The van der Waals surface area contributed by atoms with E-state index in [1.807, 2.05) is 38.7 Å². The average molecular weight is 377 g/mol. The van der Waals surface area contributed by atoms with Gasteiger partial charge in [-0.3, -0.25) is 9.59 Å². The van der Waals surface area contributed by atoms with Crippen molar-refractivity contribution < 1.29 is 9.59 Å². The van der Waals surface area contributed by atoms with Crippen LogP contribution in [0.3, 0.4) is 0 Å². The van der Waals surface area contributed by atoms with Gasteiger partial charge in [0.2, 0.25) is 5.91 Å². The van der Waals surface area contributed by atoms with Gasteiger partial charge in [-0.1, -0.05) is 20.8 Å². The van der Waals surface area contributed by atoms with Crippen molar-refractivity contribution in [3.05, 3.63) is 38.9 Å². The molecule has 0 bridgehead atoms. The van der Waals surface area contributed by atoms with Crippen molar-refractivity contribution in [1.29, 1.82) is 0 Å². The Bertz CT molecular complexity index is 772. The van der Waals surface area contributed by atoms with Gasteiger partial charge in [0.15, 0.2) is 0 Å². The van der Waals surface area contributed by atoms with Gasteiger partial charge in [-0.25, -0.2) is 0 Å². The van der Waals surface area contributed by atoms with E-state index in [9.17, 15) is 9.59 Å². The summed E-state index contributed by atoms with van der Waals surface area (Å²) in [4.78, 5) is 28.0. The standard InChI is InChI=1S/C19H24N2O2S2/c1-12-10-15(20-18(23)19(2,3)4)25-16(12)17(22)21-8-5-6-14(21)13-7-9-24-11-13/h7,9-11,14H,5-6,8H2,1-4H3,(H,20,23)/t14-/m1/s1. The molecule has 0 spiro atoms. The molecule has 2 aromatic rings. The Labute approximate surface area is 156 Å².